The molecule has 2 aromatic carbocycles. The fraction of sp³-hybridized carbons (Fsp3) is 0.458. The van der Waals surface area contributed by atoms with Crippen LogP contribution in [0, 0.1) is 5.92 Å². The maximum atomic E-state index is 13.5. The molecular formula is C24H27N3O3. The minimum atomic E-state index is -0.0964. The zero-order chi connectivity index (χ0) is 20.1. The number of rotatable bonds is 3. The molecule has 0 radical (unpaired) electrons. The van der Waals surface area contributed by atoms with Crippen molar-refractivity contribution >= 4 is 5.91 Å². The molecule has 3 atom stereocenters. The lowest BCUT2D eigenvalue weighted by molar-refractivity contribution is 0.0179. The smallest absolute Gasteiger partial charge is 0.255 e. The summed E-state index contributed by atoms with van der Waals surface area (Å²) in [5, 5.41) is 3.47. The first-order chi connectivity index (χ1) is 14.7. The fourth-order valence-corrected chi connectivity index (χ4v) is 6.04. The Balaban J connectivity index is 1.38. The highest BCUT2D eigenvalue weighted by molar-refractivity contribution is 5.98. The van der Waals surface area contributed by atoms with Crippen LogP contribution in [-0.2, 0) is 5.41 Å². The van der Waals surface area contributed by atoms with Gasteiger partial charge in [0, 0.05) is 56.6 Å². The minimum absolute atomic E-state index is 0.0613. The molecule has 5 aliphatic rings. The summed E-state index contributed by atoms with van der Waals surface area (Å²) in [6.45, 7) is 7.28. The second kappa shape index (κ2) is 7.00. The number of hydrogen-bond acceptors (Lipinski definition) is 5. The molecule has 5 aliphatic heterocycles. The van der Waals surface area contributed by atoms with Crippen LogP contribution in [0.4, 0.5) is 0 Å². The van der Waals surface area contributed by atoms with Gasteiger partial charge in [-0.2, -0.15) is 0 Å². The number of hydrogen-bond donors (Lipinski definition) is 1. The maximum absolute atomic E-state index is 13.5. The van der Waals surface area contributed by atoms with E-state index in [1.807, 2.05) is 18.2 Å². The van der Waals surface area contributed by atoms with Crippen LogP contribution in [0.5, 0.6) is 11.5 Å². The molecule has 7 rings (SSSR count). The van der Waals surface area contributed by atoms with Gasteiger partial charge in [0.25, 0.3) is 5.91 Å². The second-order valence-electron chi connectivity index (χ2n) is 9.03. The van der Waals surface area contributed by atoms with E-state index in [1.54, 1.807) is 0 Å². The summed E-state index contributed by atoms with van der Waals surface area (Å²) in [5.74, 6) is 1.58. The lowest BCUT2D eigenvalue weighted by Gasteiger charge is -2.55. The van der Waals surface area contributed by atoms with E-state index in [-0.39, 0.29) is 17.4 Å². The normalized spacial score (nSPS) is 33.7. The van der Waals surface area contributed by atoms with E-state index in [0.717, 1.165) is 39.3 Å². The Bertz CT molecular complexity index is 947. The van der Waals surface area contributed by atoms with Gasteiger partial charge in [-0.05, 0) is 17.7 Å². The van der Waals surface area contributed by atoms with E-state index in [4.69, 9.17) is 9.47 Å². The maximum Gasteiger partial charge on any atom is 0.255 e. The van der Waals surface area contributed by atoms with Gasteiger partial charge in [-0.15, -0.1) is 0 Å². The molecule has 30 heavy (non-hydrogen) atoms. The molecule has 1 N–H and O–H groups in total. The molecule has 0 aliphatic carbocycles. The molecule has 156 valence electrons. The van der Waals surface area contributed by atoms with Gasteiger partial charge in [0.15, 0.2) is 11.5 Å². The summed E-state index contributed by atoms with van der Waals surface area (Å²) in [6.07, 6.45) is 0. The number of piperidine rings is 2. The highest BCUT2D eigenvalue weighted by atomic mass is 16.6. The average molecular weight is 405 g/mol. The summed E-state index contributed by atoms with van der Waals surface area (Å²) in [5.41, 5.74) is 1.80. The number of fused-ring (bicyclic) bond motifs is 2. The SMILES string of the molecule is O=C(N[C@H]1C2CN3CCN(C2)CC1(c1ccccc1)C3)c1cccc2c1OCCO2. The fourth-order valence-electron chi connectivity index (χ4n) is 6.04. The number of amides is 1. The molecule has 5 heterocycles. The van der Waals surface area contributed by atoms with Crippen molar-refractivity contribution < 1.29 is 14.3 Å². The minimum Gasteiger partial charge on any atom is -0.486 e. The number of benzene rings is 2. The number of nitrogens with one attached hydrogen (secondary N) is 1. The highest BCUT2D eigenvalue weighted by Crippen LogP contribution is 2.43. The zero-order valence-electron chi connectivity index (χ0n) is 17.0. The van der Waals surface area contributed by atoms with Gasteiger partial charge in [0.1, 0.15) is 13.2 Å². The van der Waals surface area contributed by atoms with Crippen LogP contribution in [0.2, 0.25) is 0 Å². The summed E-state index contributed by atoms with van der Waals surface area (Å²) >= 11 is 0. The summed E-state index contributed by atoms with van der Waals surface area (Å²) in [4.78, 5) is 18.7. The first-order valence-electron chi connectivity index (χ1n) is 10.9. The third kappa shape index (κ3) is 2.81. The van der Waals surface area contributed by atoms with Crippen molar-refractivity contribution in [2.45, 2.75) is 11.5 Å². The van der Waals surface area contributed by atoms with Gasteiger partial charge in [-0.1, -0.05) is 36.4 Å². The van der Waals surface area contributed by atoms with Crippen molar-refractivity contribution in [3.8, 4) is 11.5 Å². The van der Waals surface area contributed by atoms with Crippen LogP contribution >= 0.6 is 0 Å². The third-order valence-electron chi connectivity index (χ3n) is 7.24. The van der Waals surface area contributed by atoms with Crippen LogP contribution in [0.15, 0.2) is 48.5 Å². The van der Waals surface area contributed by atoms with Gasteiger partial charge in [0.05, 0.1) is 5.56 Å². The van der Waals surface area contributed by atoms with Gasteiger partial charge in [-0.25, -0.2) is 0 Å². The van der Waals surface area contributed by atoms with Crippen LogP contribution < -0.4 is 14.8 Å². The number of ether oxygens (including phenoxy) is 2. The number of nitrogens with zero attached hydrogens (tertiary/aromatic N) is 2. The molecule has 4 fully saturated rings. The largest absolute Gasteiger partial charge is 0.486 e. The standard InChI is InChI=1S/C24H27N3O3/c28-23(19-7-4-8-20-21(19)30-12-11-29-20)25-22-17-13-26-9-10-27(14-17)16-24(22,15-26)18-5-2-1-3-6-18/h1-8,17,22H,9-16H2,(H,25,28)/t17?,22-,24?/m0/s1. The van der Waals surface area contributed by atoms with Crippen molar-refractivity contribution in [3.05, 3.63) is 59.7 Å². The molecule has 6 heteroatoms. The Kier molecular flexibility index (Phi) is 4.25. The molecule has 6 nitrogen and oxygen atoms in total. The Morgan fingerprint density at radius 3 is 2.43 bits per heavy atom. The van der Waals surface area contributed by atoms with E-state index in [0.29, 0.717) is 36.2 Å². The van der Waals surface area contributed by atoms with Crippen LogP contribution in [0.1, 0.15) is 15.9 Å². The Hall–Kier alpha value is -2.57. The van der Waals surface area contributed by atoms with Crippen molar-refractivity contribution in [2.24, 2.45) is 5.92 Å². The Labute approximate surface area is 176 Å². The number of carbonyl (C=O) groups excluding carboxylic acids is 1. The molecule has 1 amide bonds. The lowest BCUT2D eigenvalue weighted by atomic mass is 9.64. The predicted octanol–water partition coefficient (Wildman–Crippen LogP) is 1.76. The molecule has 4 saturated heterocycles. The quantitative estimate of drug-likeness (QED) is 0.843. The predicted molar refractivity (Wildman–Crippen MR) is 113 cm³/mol. The van der Waals surface area contributed by atoms with Gasteiger partial charge in [-0.3, -0.25) is 4.79 Å². The van der Waals surface area contributed by atoms with E-state index in [1.165, 1.54) is 5.56 Å². The first kappa shape index (κ1) is 18.2. The number of carbonyl (C=O) groups is 1. The Morgan fingerprint density at radius 1 is 0.933 bits per heavy atom. The van der Waals surface area contributed by atoms with Gasteiger partial charge in [0.2, 0.25) is 0 Å². The number of para-hydroxylation sites is 1. The molecule has 0 aromatic heterocycles. The topological polar surface area (TPSA) is 54.0 Å². The van der Waals surface area contributed by atoms with E-state index in [2.05, 4.69) is 45.4 Å². The molecule has 2 aromatic rings. The van der Waals surface area contributed by atoms with E-state index < -0.39 is 0 Å². The van der Waals surface area contributed by atoms with E-state index in [9.17, 15) is 4.79 Å². The molecular weight excluding hydrogens is 378 g/mol. The van der Waals surface area contributed by atoms with Gasteiger partial charge < -0.3 is 24.6 Å². The highest BCUT2D eigenvalue weighted by Gasteiger charge is 2.55. The van der Waals surface area contributed by atoms with Crippen molar-refractivity contribution in [1.29, 1.82) is 0 Å². The first-order valence-corrected chi connectivity index (χ1v) is 10.9. The summed E-state index contributed by atoms with van der Waals surface area (Å²) < 4.78 is 11.5. The molecule has 0 saturated carbocycles. The van der Waals surface area contributed by atoms with Crippen molar-refractivity contribution in [2.75, 3.05) is 52.5 Å². The summed E-state index contributed by atoms with van der Waals surface area (Å²) in [6, 6.07) is 16.4. The van der Waals surface area contributed by atoms with Crippen LogP contribution in [0.25, 0.3) is 0 Å². The average Bonchev–Trinajstić information content (AvgIpc) is 3.04. The van der Waals surface area contributed by atoms with Crippen molar-refractivity contribution in [1.82, 2.24) is 15.1 Å². The molecule has 2 unspecified atom stereocenters. The molecule has 0 spiro atoms. The van der Waals surface area contributed by atoms with Crippen molar-refractivity contribution in [3.63, 3.8) is 0 Å². The zero-order valence-corrected chi connectivity index (χ0v) is 17.0. The lowest BCUT2D eigenvalue weighted by Crippen LogP contribution is -2.70. The second-order valence-corrected chi connectivity index (χ2v) is 9.03. The van der Waals surface area contributed by atoms with Gasteiger partial charge >= 0.3 is 0 Å². The Morgan fingerprint density at radius 2 is 1.67 bits per heavy atom. The molecule has 4 bridgehead atoms. The van der Waals surface area contributed by atoms with Crippen LogP contribution in [0.3, 0.4) is 0 Å². The monoisotopic (exact) mass is 405 g/mol. The summed E-state index contributed by atoms with van der Waals surface area (Å²) in [7, 11) is 0. The van der Waals surface area contributed by atoms with E-state index >= 15 is 0 Å². The van der Waals surface area contributed by atoms with Crippen LogP contribution in [-0.4, -0.2) is 74.2 Å². The third-order valence-corrected chi connectivity index (χ3v) is 7.24.